The smallest absolute Gasteiger partial charge is 0.253 e. The molecule has 6 heterocycles. The van der Waals surface area contributed by atoms with E-state index in [-0.39, 0.29) is 25.1 Å². The van der Waals surface area contributed by atoms with Crippen molar-refractivity contribution in [2.45, 2.75) is 65.5 Å². The summed E-state index contributed by atoms with van der Waals surface area (Å²) in [4.78, 5) is 64.8. The van der Waals surface area contributed by atoms with E-state index in [0.29, 0.717) is 50.1 Å². The van der Waals surface area contributed by atoms with Crippen molar-refractivity contribution < 1.29 is 25.3 Å². The highest BCUT2D eigenvalue weighted by Gasteiger charge is 2.23. The van der Waals surface area contributed by atoms with E-state index >= 15 is 0 Å². The maximum absolute atomic E-state index is 12.8. The fourth-order valence-corrected chi connectivity index (χ4v) is 9.54. The molecule has 1 N–H and O–H groups in total. The van der Waals surface area contributed by atoms with Crippen molar-refractivity contribution >= 4 is 61.7 Å². The van der Waals surface area contributed by atoms with Gasteiger partial charge in [-0.3, -0.25) is 28.5 Å². The highest BCUT2D eigenvalue weighted by Crippen LogP contribution is 2.37. The summed E-state index contributed by atoms with van der Waals surface area (Å²) in [5, 5.41) is 16.2. The lowest BCUT2D eigenvalue weighted by atomic mass is 9.99. The average Bonchev–Trinajstić information content (AvgIpc) is 4.32. The van der Waals surface area contributed by atoms with Gasteiger partial charge in [0.1, 0.15) is 5.75 Å². The van der Waals surface area contributed by atoms with Gasteiger partial charge in [-0.25, -0.2) is 4.98 Å². The van der Waals surface area contributed by atoms with E-state index < -0.39 is 0 Å². The van der Waals surface area contributed by atoms with Crippen LogP contribution in [-0.2, 0) is 22.7 Å². The lowest BCUT2D eigenvalue weighted by Gasteiger charge is -2.27. The molecule has 8 aromatic rings. The van der Waals surface area contributed by atoms with Crippen molar-refractivity contribution in [2.24, 2.45) is 0 Å². The fourth-order valence-electron chi connectivity index (χ4n) is 8.80. The first kappa shape index (κ1) is 53.8. The van der Waals surface area contributed by atoms with Crippen molar-refractivity contribution in [3.8, 4) is 28.0 Å². The van der Waals surface area contributed by atoms with Crippen LogP contribution in [0.5, 0.6) is 5.75 Å². The van der Waals surface area contributed by atoms with Gasteiger partial charge in [-0.05, 0) is 73.2 Å². The molecule has 2 aliphatic rings. The van der Waals surface area contributed by atoms with Crippen LogP contribution < -0.4 is 4.74 Å². The van der Waals surface area contributed by atoms with Crippen LogP contribution in [0, 0.1) is 0 Å². The Kier molecular flexibility index (Phi) is 19.0. The van der Waals surface area contributed by atoms with Gasteiger partial charge in [0.05, 0.1) is 53.8 Å². The van der Waals surface area contributed by atoms with Gasteiger partial charge in [0.2, 0.25) is 11.8 Å². The monoisotopic (exact) mass is 1020 g/mol. The number of aryl methyl sites for hydroxylation is 2. The average molecular weight is 1020 g/mol. The Morgan fingerprint density at radius 1 is 0.703 bits per heavy atom. The van der Waals surface area contributed by atoms with Crippen LogP contribution in [0.2, 0.25) is 0 Å². The van der Waals surface area contributed by atoms with Gasteiger partial charge in [0.25, 0.3) is 11.8 Å². The molecule has 74 heavy (non-hydrogen) atoms. The van der Waals surface area contributed by atoms with Gasteiger partial charge in [-0.2, -0.15) is 0 Å². The summed E-state index contributed by atoms with van der Waals surface area (Å²) in [6.07, 6.45) is 14.3. The summed E-state index contributed by atoms with van der Waals surface area (Å²) in [5.41, 5.74) is 10.9. The molecule has 4 aromatic heterocycles. The predicted molar refractivity (Wildman–Crippen MR) is 294 cm³/mol. The van der Waals surface area contributed by atoms with E-state index in [0.717, 1.165) is 92.7 Å². The zero-order valence-corrected chi connectivity index (χ0v) is 44.2. The van der Waals surface area contributed by atoms with Crippen LogP contribution >= 0.6 is 11.3 Å². The minimum atomic E-state index is -0.0344. The van der Waals surface area contributed by atoms with Crippen molar-refractivity contribution in [3.63, 3.8) is 0 Å². The Labute approximate surface area is 437 Å². The second-order valence-electron chi connectivity index (χ2n) is 18.0. The number of thiazole rings is 1. The minimum absolute atomic E-state index is 0. The molecule has 388 valence electrons. The number of nitrogens with one attached hydrogen (secondary N) is 1. The number of rotatable bonds is 12. The van der Waals surface area contributed by atoms with Crippen LogP contribution in [0.4, 0.5) is 0 Å². The third-order valence-electron chi connectivity index (χ3n) is 12.6. The number of fused-ring (bicyclic) bond motifs is 2. The van der Waals surface area contributed by atoms with Gasteiger partial charge in [0, 0.05) is 120 Å². The van der Waals surface area contributed by atoms with Gasteiger partial charge >= 0.3 is 0 Å². The molecular weight excluding hydrogens is 953 g/mol. The number of ether oxygens (including phenoxy) is 1. The van der Waals surface area contributed by atoms with Crippen molar-refractivity contribution in [2.75, 3.05) is 61.5 Å². The summed E-state index contributed by atoms with van der Waals surface area (Å²) in [6, 6.07) is 27.6. The predicted octanol–water partition coefficient (Wildman–Crippen LogP) is 9.46. The fraction of sp³-hybridized carbons (Fsp3) is 0.339. The lowest BCUT2D eigenvalue weighted by molar-refractivity contribution is -0.132. The Balaban J connectivity index is 0.000000195. The maximum Gasteiger partial charge on any atom is 0.253 e. The van der Waals surface area contributed by atoms with Gasteiger partial charge in [-0.1, -0.05) is 78.9 Å². The number of aromatic nitrogens is 8. The Bertz CT molecular complexity index is 3150. The molecule has 0 bridgehead atoms. The highest BCUT2D eigenvalue weighted by atomic mass is 32.1. The summed E-state index contributed by atoms with van der Waals surface area (Å²) < 4.78 is 9.82. The number of benzene rings is 4. The van der Waals surface area contributed by atoms with Crippen LogP contribution in [0.25, 0.3) is 48.9 Å². The molecule has 10 rings (SSSR count). The number of methoxy groups -OCH3 is 1. The number of amides is 4. The number of H-pyrrole nitrogens is 1. The molecular formula is C56H68N12O5S. The second-order valence-corrected chi connectivity index (χ2v) is 18.9. The second kappa shape index (κ2) is 26.1. The number of nitrogens with zero attached hydrogens (tertiary/aromatic N) is 11. The van der Waals surface area contributed by atoms with Gasteiger partial charge in [-0.15, -0.1) is 21.5 Å². The first-order valence-electron chi connectivity index (χ1n) is 25.1. The number of para-hydroxylation sites is 1. The van der Waals surface area contributed by atoms with Crippen LogP contribution in [0.3, 0.4) is 0 Å². The quantitative estimate of drug-likeness (QED) is 0.124. The normalized spacial score (nSPS) is 13.1. The number of carbonyl (C=O) groups is 4. The number of hydrogen-bond donors (Lipinski definition) is 1. The molecule has 18 heteroatoms. The van der Waals surface area contributed by atoms with Crippen molar-refractivity contribution in [1.82, 2.24) is 59.6 Å². The van der Waals surface area contributed by atoms with Crippen molar-refractivity contribution in [1.29, 1.82) is 0 Å². The molecule has 0 spiro atoms. The first-order chi connectivity index (χ1) is 36.0. The topological polar surface area (TPSA) is 181 Å². The zero-order valence-electron chi connectivity index (χ0n) is 43.4. The van der Waals surface area contributed by atoms with E-state index in [9.17, 15) is 19.2 Å². The number of hydrogen-bond acceptors (Lipinski definition) is 11. The SMILES string of the molecule is CC.CN(C)C(=O)c1cc(-c2ccccc2)c2[nH]c(C3=CCCN(C(=O)CCn4ccnn4)C3)cc2c1.COc1ccccc1-c1cc(C(=O)N(C)C)cc2scnc12.O=C(CCn1ccnn1)N1CCCCC1.[HH]. The summed E-state index contributed by atoms with van der Waals surface area (Å²) in [5.74, 6) is 1.06. The Morgan fingerprint density at radius 3 is 1.93 bits per heavy atom. The lowest BCUT2D eigenvalue weighted by Crippen LogP contribution is -2.36. The molecule has 1 saturated heterocycles. The molecule has 4 aromatic carbocycles. The molecule has 0 aliphatic carbocycles. The molecule has 17 nitrogen and oxygen atoms in total. The Morgan fingerprint density at radius 2 is 1.31 bits per heavy atom. The van der Waals surface area contributed by atoms with Crippen LogP contribution in [0.1, 0.15) is 80.2 Å². The maximum atomic E-state index is 12.8. The summed E-state index contributed by atoms with van der Waals surface area (Å²) >= 11 is 1.53. The Hall–Kier alpha value is -7.99. The molecule has 2 aliphatic heterocycles. The standard InChI is InChI=1S/C27H28N6O2.C17H16N2O2S.C10H16N4O.C2H6.H2/c1-31(2)27(35)22-15-21-17-24(29-26(21)23(16-22)19-7-4-3-5-8-19)20-9-6-12-32(18-20)25(34)10-13-33-14-11-28-30-33;1-19(2)17(20)11-8-13(16-15(9-11)22-10-18-16)12-6-4-5-7-14(12)21-3;15-10(13-6-2-1-3-7-13)4-8-14-9-5-11-12-14;1-2;/h3-5,7-9,11,14-17,29H,6,10,12-13,18H2,1-2H3;4-10H,1-3H3;5,9H,1-4,6-8H2;1-2H3;1H. The molecule has 0 saturated carbocycles. The van der Waals surface area contributed by atoms with Crippen LogP contribution in [-0.4, -0.2) is 145 Å². The number of likely N-dealkylation sites (tertiary alicyclic amines) is 1. The van der Waals surface area contributed by atoms with E-state index in [2.05, 4.69) is 54.9 Å². The molecule has 1 fully saturated rings. The highest BCUT2D eigenvalue weighted by molar-refractivity contribution is 7.16. The van der Waals surface area contributed by atoms with Crippen LogP contribution in [0.15, 0.2) is 121 Å². The molecule has 4 amide bonds. The number of piperidine rings is 1. The van der Waals surface area contributed by atoms with E-state index in [1.165, 1.54) is 17.8 Å². The zero-order chi connectivity index (χ0) is 52.6. The third-order valence-corrected chi connectivity index (χ3v) is 13.3. The summed E-state index contributed by atoms with van der Waals surface area (Å²) in [6.45, 7) is 8.26. The van der Waals surface area contributed by atoms with Crippen molar-refractivity contribution in [3.05, 3.63) is 138 Å². The number of carbonyl (C=O) groups excluding carboxylic acids is 4. The van der Waals surface area contributed by atoms with Gasteiger partial charge in [0.15, 0.2) is 0 Å². The first-order valence-corrected chi connectivity index (χ1v) is 25.9. The molecule has 0 atom stereocenters. The number of aromatic amines is 1. The minimum Gasteiger partial charge on any atom is -0.496 e. The summed E-state index contributed by atoms with van der Waals surface area (Å²) in [7, 11) is 8.67. The van der Waals surface area contributed by atoms with E-state index in [1.807, 2.05) is 90.4 Å². The molecule has 0 unspecified atom stereocenters. The largest absolute Gasteiger partial charge is 0.496 e. The van der Waals surface area contributed by atoms with E-state index in [4.69, 9.17) is 4.74 Å². The molecule has 0 radical (unpaired) electrons. The van der Waals surface area contributed by atoms with E-state index in [1.54, 1.807) is 84.8 Å². The third kappa shape index (κ3) is 13.5. The van der Waals surface area contributed by atoms with Gasteiger partial charge < -0.3 is 29.3 Å².